The first kappa shape index (κ1) is 19.7. The first-order valence-corrected chi connectivity index (χ1v) is 10.6. The molecular formula is C15H24ClN3O3S2. The average Bonchev–Trinajstić information content (AvgIpc) is 2.99. The molecule has 0 aromatic carbocycles. The van der Waals surface area contributed by atoms with E-state index in [1.165, 1.54) is 10.4 Å². The second-order valence-electron chi connectivity index (χ2n) is 6.31. The monoisotopic (exact) mass is 393 g/mol. The summed E-state index contributed by atoms with van der Waals surface area (Å²) < 4.78 is 27.3. The van der Waals surface area contributed by atoms with E-state index < -0.39 is 10.0 Å². The van der Waals surface area contributed by atoms with E-state index in [1.54, 1.807) is 6.07 Å². The fraction of sp³-hybridized carbons (Fsp3) is 0.667. The molecule has 1 N–H and O–H groups in total. The molecule has 1 unspecified atom stereocenters. The second-order valence-corrected chi connectivity index (χ2v) is 10.2. The number of carbonyl (C=O) groups excluding carboxylic acids is 1. The van der Waals surface area contributed by atoms with Crippen LogP contribution in [0, 0.1) is 5.92 Å². The molecule has 9 heteroatoms. The highest BCUT2D eigenvalue weighted by Crippen LogP contribution is 2.28. The maximum Gasteiger partial charge on any atom is 0.252 e. The molecule has 0 bridgehead atoms. The van der Waals surface area contributed by atoms with Gasteiger partial charge in [-0.05, 0) is 25.0 Å². The van der Waals surface area contributed by atoms with Crippen LogP contribution in [0.25, 0.3) is 0 Å². The number of amides is 1. The fourth-order valence-corrected chi connectivity index (χ4v) is 5.57. The minimum atomic E-state index is -3.49. The van der Waals surface area contributed by atoms with Crippen molar-refractivity contribution in [1.82, 2.24) is 14.5 Å². The van der Waals surface area contributed by atoms with Crippen LogP contribution in [0.15, 0.2) is 16.3 Å². The molecule has 136 valence electrons. The first-order valence-electron chi connectivity index (χ1n) is 7.99. The maximum atomic E-state index is 12.6. The van der Waals surface area contributed by atoms with Gasteiger partial charge in [-0.15, -0.1) is 11.3 Å². The molecule has 1 fully saturated rings. The summed E-state index contributed by atoms with van der Waals surface area (Å²) in [5, 5.41) is 2.92. The number of hydrogen-bond acceptors (Lipinski definition) is 5. The minimum Gasteiger partial charge on any atom is -0.354 e. The second kappa shape index (κ2) is 8.14. The van der Waals surface area contributed by atoms with Crippen LogP contribution in [-0.4, -0.2) is 62.3 Å². The van der Waals surface area contributed by atoms with Crippen LogP contribution in [0.5, 0.6) is 0 Å². The lowest BCUT2D eigenvalue weighted by atomic mass is 10.2. The largest absolute Gasteiger partial charge is 0.354 e. The van der Waals surface area contributed by atoms with Crippen LogP contribution >= 0.6 is 22.9 Å². The summed E-state index contributed by atoms with van der Waals surface area (Å²) in [7, 11) is -3.49. The number of nitrogens with zero attached hydrogens (tertiary/aromatic N) is 2. The lowest BCUT2D eigenvalue weighted by Crippen LogP contribution is -2.55. The van der Waals surface area contributed by atoms with Crippen molar-refractivity contribution in [2.75, 3.05) is 32.7 Å². The molecule has 1 aromatic rings. The van der Waals surface area contributed by atoms with Gasteiger partial charge in [0.1, 0.15) is 4.21 Å². The Labute approximate surface area is 152 Å². The van der Waals surface area contributed by atoms with Crippen LogP contribution in [0.4, 0.5) is 0 Å². The molecule has 1 aliphatic heterocycles. The molecule has 0 radical (unpaired) electrons. The number of thiophene rings is 1. The van der Waals surface area contributed by atoms with Gasteiger partial charge in [0.2, 0.25) is 5.91 Å². The quantitative estimate of drug-likeness (QED) is 0.801. The molecule has 1 atom stereocenters. The molecule has 0 aliphatic carbocycles. The highest BCUT2D eigenvalue weighted by atomic mass is 35.5. The van der Waals surface area contributed by atoms with Gasteiger partial charge in [-0.25, -0.2) is 8.42 Å². The summed E-state index contributed by atoms with van der Waals surface area (Å²) in [5.74, 6) is 0.394. The van der Waals surface area contributed by atoms with E-state index in [4.69, 9.17) is 11.6 Å². The van der Waals surface area contributed by atoms with Gasteiger partial charge in [-0.1, -0.05) is 25.4 Å². The normalized spacial score (nSPS) is 18.7. The van der Waals surface area contributed by atoms with Crippen LogP contribution in [0.1, 0.15) is 20.8 Å². The summed E-state index contributed by atoms with van der Waals surface area (Å²) in [5.41, 5.74) is 0. The minimum absolute atomic E-state index is 0.00922. The number of carbonyl (C=O) groups is 1. The maximum absolute atomic E-state index is 12.6. The van der Waals surface area contributed by atoms with Gasteiger partial charge >= 0.3 is 0 Å². The van der Waals surface area contributed by atoms with Crippen molar-refractivity contribution in [3.8, 4) is 0 Å². The molecule has 0 saturated carbocycles. The summed E-state index contributed by atoms with van der Waals surface area (Å²) in [6, 6.07) is 2.87. The Kier molecular flexibility index (Phi) is 6.66. The topological polar surface area (TPSA) is 69.7 Å². The van der Waals surface area contributed by atoms with E-state index in [0.29, 0.717) is 43.0 Å². The Morgan fingerprint density at radius 2 is 1.88 bits per heavy atom. The van der Waals surface area contributed by atoms with Crippen LogP contribution in [-0.2, 0) is 14.8 Å². The third kappa shape index (κ3) is 4.70. The van der Waals surface area contributed by atoms with E-state index in [1.807, 2.05) is 25.7 Å². The Balaban J connectivity index is 1.92. The highest BCUT2D eigenvalue weighted by molar-refractivity contribution is 7.91. The van der Waals surface area contributed by atoms with Crippen molar-refractivity contribution in [2.24, 2.45) is 5.92 Å². The summed E-state index contributed by atoms with van der Waals surface area (Å²) >= 11 is 6.91. The van der Waals surface area contributed by atoms with Crippen molar-refractivity contribution >= 4 is 38.9 Å². The SMILES string of the molecule is CC(C)CNC(=O)C(C)N1CCN(S(=O)(=O)c2ccc(Cl)s2)CC1. The number of piperazine rings is 1. The van der Waals surface area contributed by atoms with Crippen LogP contribution in [0.3, 0.4) is 0 Å². The highest BCUT2D eigenvalue weighted by Gasteiger charge is 2.32. The van der Waals surface area contributed by atoms with Crippen molar-refractivity contribution < 1.29 is 13.2 Å². The molecule has 24 heavy (non-hydrogen) atoms. The van der Waals surface area contributed by atoms with Crippen molar-refractivity contribution in [3.63, 3.8) is 0 Å². The first-order chi connectivity index (χ1) is 11.2. The molecule has 1 aliphatic rings. The summed E-state index contributed by atoms with van der Waals surface area (Å²) in [4.78, 5) is 14.2. The molecule has 2 heterocycles. The van der Waals surface area contributed by atoms with Crippen LogP contribution in [0.2, 0.25) is 4.34 Å². The lowest BCUT2D eigenvalue weighted by molar-refractivity contribution is -0.126. The summed E-state index contributed by atoms with van der Waals surface area (Å²) in [6.45, 7) is 8.43. The zero-order valence-corrected chi connectivity index (χ0v) is 16.5. The number of rotatable bonds is 6. The van der Waals surface area contributed by atoms with Crippen molar-refractivity contribution in [1.29, 1.82) is 0 Å². The predicted molar refractivity (Wildman–Crippen MR) is 97.0 cm³/mol. The van der Waals surface area contributed by atoms with Crippen LogP contribution < -0.4 is 5.32 Å². The van der Waals surface area contributed by atoms with Gasteiger partial charge in [-0.2, -0.15) is 4.31 Å². The Morgan fingerprint density at radius 1 is 1.25 bits per heavy atom. The zero-order valence-electron chi connectivity index (χ0n) is 14.2. The van der Waals surface area contributed by atoms with Gasteiger partial charge in [-0.3, -0.25) is 9.69 Å². The smallest absolute Gasteiger partial charge is 0.252 e. The fourth-order valence-electron chi connectivity index (χ4n) is 2.51. The van der Waals surface area contributed by atoms with Gasteiger partial charge < -0.3 is 5.32 Å². The van der Waals surface area contributed by atoms with Gasteiger partial charge in [0.15, 0.2) is 0 Å². The molecule has 1 amide bonds. The van der Waals surface area contributed by atoms with Crippen molar-refractivity contribution in [3.05, 3.63) is 16.5 Å². The summed E-state index contributed by atoms with van der Waals surface area (Å²) in [6.07, 6.45) is 0. The molecule has 1 saturated heterocycles. The van der Waals surface area contributed by atoms with Crippen molar-refractivity contribution in [2.45, 2.75) is 31.0 Å². The molecule has 1 aromatic heterocycles. The Morgan fingerprint density at radius 3 is 2.38 bits per heavy atom. The Hall–Kier alpha value is -0.670. The Bertz CT molecular complexity index is 667. The van der Waals surface area contributed by atoms with Gasteiger partial charge in [0.25, 0.3) is 10.0 Å². The average molecular weight is 394 g/mol. The third-order valence-electron chi connectivity index (χ3n) is 4.03. The van der Waals surface area contributed by atoms with Gasteiger partial charge in [0, 0.05) is 32.7 Å². The molecule has 6 nitrogen and oxygen atoms in total. The molecule has 0 spiro atoms. The number of sulfonamides is 1. The van der Waals surface area contributed by atoms with E-state index in [9.17, 15) is 13.2 Å². The van der Waals surface area contributed by atoms with E-state index in [2.05, 4.69) is 5.32 Å². The third-order valence-corrected chi connectivity index (χ3v) is 7.62. The standard InChI is InChI=1S/C15H24ClN3O3S2/c1-11(2)10-17-15(20)12(3)18-6-8-19(9-7-18)24(21,22)14-5-4-13(16)23-14/h4-5,11-12H,6-10H2,1-3H3,(H,17,20). The molecule has 2 rings (SSSR count). The number of nitrogens with one attached hydrogen (secondary N) is 1. The predicted octanol–water partition coefficient (Wildman–Crippen LogP) is 1.87. The molecular weight excluding hydrogens is 370 g/mol. The van der Waals surface area contributed by atoms with E-state index in [0.717, 1.165) is 11.3 Å². The van der Waals surface area contributed by atoms with E-state index in [-0.39, 0.29) is 16.2 Å². The number of hydrogen-bond donors (Lipinski definition) is 1. The zero-order chi connectivity index (χ0) is 17.9. The lowest BCUT2D eigenvalue weighted by Gasteiger charge is -2.36. The number of halogens is 1. The van der Waals surface area contributed by atoms with E-state index >= 15 is 0 Å². The van der Waals surface area contributed by atoms with Gasteiger partial charge in [0.05, 0.1) is 10.4 Å².